The first-order chi connectivity index (χ1) is 18.9. The number of fused-ring (bicyclic) bond motifs is 1. The van der Waals surface area contributed by atoms with Crippen molar-refractivity contribution in [3.8, 4) is 0 Å². The molecule has 39 heavy (non-hydrogen) atoms. The Kier molecular flexibility index (Phi) is 7.16. The number of nitrogens with one attached hydrogen (secondary N) is 2. The van der Waals surface area contributed by atoms with Crippen LogP contribution in [0.15, 0.2) is 60.7 Å². The standard InChI is InChI=1S/C30H31Cl2N3O4/c31-19-15-20(32)17-22(16-19)34-27(36)24-23-11-13-30(39-23)25(24)29(38)35(14-12-18-7-3-1-4-8-18)26(30)28(37)33-21-9-5-2-6-10-21/h1,3-4,7-8,11,13,15-17,21,23-26H,2,5-6,9-10,12,14H2,(H,33,37)(H,34,36). The highest BCUT2D eigenvalue weighted by molar-refractivity contribution is 6.35. The number of hydrogen-bond donors (Lipinski definition) is 2. The van der Waals surface area contributed by atoms with Crippen molar-refractivity contribution in [1.29, 1.82) is 0 Å². The third-order valence-electron chi connectivity index (χ3n) is 8.49. The van der Waals surface area contributed by atoms with Gasteiger partial charge in [-0.05, 0) is 43.0 Å². The normalized spacial score (nSPS) is 29.5. The quantitative estimate of drug-likeness (QED) is 0.471. The molecule has 0 radical (unpaired) electrons. The highest BCUT2D eigenvalue weighted by atomic mass is 35.5. The summed E-state index contributed by atoms with van der Waals surface area (Å²) in [6.45, 7) is 0.351. The summed E-state index contributed by atoms with van der Waals surface area (Å²) in [7, 11) is 0. The summed E-state index contributed by atoms with van der Waals surface area (Å²) in [4.78, 5) is 43.2. The van der Waals surface area contributed by atoms with E-state index in [1.807, 2.05) is 42.5 Å². The highest BCUT2D eigenvalue weighted by Crippen LogP contribution is 2.55. The average molecular weight is 569 g/mol. The van der Waals surface area contributed by atoms with Crippen molar-refractivity contribution in [3.63, 3.8) is 0 Å². The molecule has 1 aliphatic carbocycles. The Hall–Kier alpha value is -2.87. The van der Waals surface area contributed by atoms with Crippen LogP contribution in [0.3, 0.4) is 0 Å². The summed E-state index contributed by atoms with van der Waals surface area (Å²) in [6.07, 6.45) is 8.84. The van der Waals surface area contributed by atoms with Crippen LogP contribution in [-0.4, -0.2) is 53.0 Å². The largest absolute Gasteiger partial charge is 0.359 e. The smallest absolute Gasteiger partial charge is 0.246 e. The fourth-order valence-electron chi connectivity index (χ4n) is 6.78. The van der Waals surface area contributed by atoms with E-state index in [1.165, 1.54) is 6.42 Å². The van der Waals surface area contributed by atoms with E-state index < -0.39 is 29.6 Å². The number of nitrogens with zero attached hydrogens (tertiary/aromatic N) is 1. The Morgan fingerprint density at radius 2 is 1.72 bits per heavy atom. The third-order valence-corrected chi connectivity index (χ3v) is 8.93. The number of rotatable bonds is 7. The molecule has 4 aliphatic rings. The molecule has 2 saturated heterocycles. The van der Waals surface area contributed by atoms with Gasteiger partial charge in [0, 0.05) is 28.3 Å². The lowest BCUT2D eigenvalue weighted by atomic mass is 9.74. The lowest BCUT2D eigenvalue weighted by Gasteiger charge is -2.34. The van der Waals surface area contributed by atoms with Crippen LogP contribution < -0.4 is 10.6 Å². The van der Waals surface area contributed by atoms with E-state index in [-0.39, 0.29) is 23.8 Å². The summed E-state index contributed by atoms with van der Waals surface area (Å²) in [5.41, 5.74) is 0.320. The van der Waals surface area contributed by atoms with Gasteiger partial charge >= 0.3 is 0 Å². The number of carbonyl (C=O) groups excluding carboxylic acids is 3. The van der Waals surface area contributed by atoms with Crippen LogP contribution in [0, 0.1) is 11.8 Å². The van der Waals surface area contributed by atoms with Crippen LogP contribution in [0.1, 0.15) is 37.7 Å². The number of anilines is 1. The molecule has 2 N–H and O–H groups in total. The maximum Gasteiger partial charge on any atom is 0.246 e. The molecule has 3 heterocycles. The Morgan fingerprint density at radius 3 is 2.44 bits per heavy atom. The lowest BCUT2D eigenvalue weighted by molar-refractivity contribution is -0.141. The minimum atomic E-state index is -1.19. The molecule has 2 bridgehead atoms. The molecule has 3 aliphatic heterocycles. The number of carbonyl (C=O) groups is 3. The minimum absolute atomic E-state index is 0.0852. The maximum absolute atomic E-state index is 14.1. The first-order valence-corrected chi connectivity index (χ1v) is 14.4. The summed E-state index contributed by atoms with van der Waals surface area (Å²) >= 11 is 12.3. The van der Waals surface area contributed by atoms with Crippen molar-refractivity contribution in [2.24, 2.45) is 11.8 Å². The molecule has 2 aromatic carbocycles. The van der Waals surface area contributed by atoms with Crippen LogP contribution in [0.2, 0.25) is 10.0 Å². The van der Waals surface area contributed by atoms with Gasteiger partial charge in [0.05, 0.1) is 17.9 Å². The van der Waals surface area contributed by atoms with E-state index >= 15 is 0 Å². The second-order valence-corrected chi connectivity index (χ2v) is 11.8. The first kappa shape index (κ1) is 26.4. The molecule has 2 aromatic rings. The van der Waals surface area contributed by atoms with Gasteiger partial charge in [-0.25, -0.2) is 0 Å². The molecule has 9 heteroatoms. The van der Waals surface area contributed by atoms with Gasteiger partial charge in [-0.3, -0.25) is 14.4 Å². The number of halogens is 2. The molecular formula is C30H31Cl2N3O4. The predicted molar refractivity (Wildman–Crippen MR) is 149 cm³/mol. The summed E-state index contributed by atoms with van der Waals surface area (Å²) < 4.78 is 6.43. The monoisotopic (exact) mass is 567 g/mol. The van der Waals surface area contributed by atoms with Crippen LogP contribution >= 0.6 is 23.2 Å². The van der Waals surface area contributed by atoms with Gasteiger partial charge in [0.2, 0.25) is 17.7 Å². The topological polar surface area (TPSA) is 87.7 Å². The lowest BCUT2D eigenvalue weighted by Crippen LogP contribution is -2.56. The van der Waals surface area contributed by atoms with E-state index in [2.05, 4.69) is 10.6 Å². The van der Waals surface area contributed by atoms with E-state index in [0.717, 1.165) is 31.2 Å². The fraction of sp³-hybridized carbons (Fsp3) is 0.433. The number of hydrogen-bond acceptors (Lipinski definition) is 4. The first-order valence-electron chi connectivity index (χ1n) is 13.6. The minimum Gasteiger partial charge on any atom is -0.359 e. The van der Waals surface area contributed by atoms with Crippen LogP contribution in [0.25, 0.3) is 0 Å². The molecule has 1 spiro atoms. The van der Waals surface area contributed by atoms with Crippen molar-refractivity contribution in [1.82, 2.24) is 10.2 Å². The van der Waals surface area contributed by atoms with Crippen molar-refractivity contribution in [2.75, 3.05) is 11.9 Å². The summed E-state index contributed by atoms with van der Waals surface area (Å²) in [6, 6.07) is 13.9. The summed E-state index contributed by atoms with van der Waals surface area (Å²) in [5.74, 6) is -2.39. The van der Waals surface area contributed by atoms with Crippen molar-refractivity contribution >= 4 is 46.6 Å². The van der Waals surface area contributed by atoms with Crippen LogP contribution in [-0.2, 0) is 25.5 Å². The summed E-state index contributed by atoms with van der Waals surface area (Å²) in [5, 5.41) is 6.87. The molecule has 5 atom stereocenters. The predicted octanol–water partition coefficient (Wildman–Crippen LogP) is 4.77. The molecule has 5 unspecified atom stereocenters. The molecule has 6 rings (SSSR count). The Morgan fingerprint density at radius 1 is 1.00 bits per heavy atom. The zero-order valence-electron chi connectivity index (χ0n) is 21.4. The van der Waals surface area contributed by atoms with Crippen molar-refractivity contribution < 1.29 is 19.1 Å². The van der Waals surface area contributed by atoms with E-state index in [4.69, 9.17) is 27.9 Å². The molecule has 3 fully saturated rings. The molecular weight excluding hydrogens is 537 g/mol. The zero-order valence-corrected chi connectivity index (χ0v) is 23.0. The van der Waals surface area contributed by atoms with Crippen LogP contribution in [0.4, 0.5) is 5.69 Å². The molecule has 0 aromatic heterocycles. The molecule has 3 amide bonds. The van der Waals surface area contributed by atoms with E-state index in [9.17, 15) is 14.4 Å². The van der Waals surface area contributed by atoms with Gasteiger partial charge in [-0.2, -0.15) is 0 Å². The number of amides is 3. The Balaban J connectivity index is 1.29. The van der Waals surface area contributed by atoms with Gasteiger partial charge < -0.3 is 20.3 Å². The van der Waals surface area contributed by atoms with Gasteiger partial charge in [0.1, 0.15) is 11.6 Å². The van der Waals surface area contributed by atoms with Gasteiger partial charge in [0.25, 0.3) is 0 Å². The molecule has 204 valence electrons. The van der Waals surface area contributed by atoms with E-state index in [0.29, 0.717) is 28.7 Å². The second-order valence-electron chi connectivity index (χ2n) is 11.0. The Labute approximate surface area is 237 Å². The maximum atomic E-state index is 14.1. The van der Waals surface area contributed by atoms with Crippen LogP contribution in [0.5, 0.6) is 0 Å². The van der Waals surface area contributed by atoms with Gasteiger partial charge in [0.15, 0.2) is 0 Å². The SMILES string of the molecule is O=C(Nc1cc(Cl)cc(Cl)c1)C1C2C=CC3(O2)C1C(=O)N(CCc1ccccc1)C3C(=O)NC1CCCCC1. The third kappa shape index (κ3) is 4.85. The van der Waals surface area contributed by atoms with Gasteiger partial charge in [-0.1, -0.05) is 84.9 Å². The van der Waals surface area contributed by atoms with Gasteiger partial charge in [-0.15, -0.1) is 0 Å². The number of likely N-dealkylation sites (tertiary alicyclic amines) is 1. The molecule has 1 saturated carbocycles. The second kappa shape index (κ2) is 10.6. The number of ether oxygens (including phenoxy) is 1. The fourth-order valence-corrected chi connectivity index (χ4v) is 7.31. The zero-order chi connectivity index (χ0) is 27.1. The van der Waals surface area contributed by atoms with Crippen molar-refractivity contribution in [3.05, 3.63) is 76.3 Å². The van der Waals surface area contributed by atoms with E-state index in [1.54, 1.807) is 23.1 Å². The molecule has 7 nitrogen and oxygen atoms in total. The Bertz CT molecular complexity index is 1290. The average Bonchev–Trinajstić information content (AvgIpc) is 3.55. The highest BCUT2D eigenvalue weighted by Gasteiger charge is 2.72. The number of benzene rings is 2. The van der Waals surface area contributed by atoms with Crippen molar-refractivity contribution in [2.45, 2.75) is 62.3 Å².